The molecule has 0 aliphatic heterocycles. The molecule has 2 aromatic rings. The van der Waals surface area contributed by atoms with Gasteiger partial charge in [0.25, 0.3) is 0 Å². The minimum Gasteiger partial charge on any atom is -0.322 e. The van der Waals surface area contributed by atoms with Crippen molar-refractivity contribution in [1.29, 1.82) is 0 Å². The van der Waals surface area contributed by atoms with Crippen LogP contribution < -0.4 is 5.73 Å². The van der Waals surface area contributed by atoms with Crippen LogP contribution in [0.25, 0.3) is 0 Å². The number of aromatic nitrogens is 2. The van der Waals surface area contributed by atoms with E-state index in [-0.39, 0.29) is 6.04 Å². The van der Waals surface area contributed by atoms with Crippen LogP contribution in [-0.2, 0) is 13.0 Å². The van der Waals surface area contributed by atoms with E-state index in [4.69, 9.17) is 28.9 Å². The summed E-state index contributed by atoms with van der Waals surface area (Å²) >= 11 is 12.3. The predicted octanol–water partition coefficient (Wildman–Crippen LogP) is 3.84. The summed E-state index contributed by atoms with van der Waals surface area (Å²) in [5.41, 5.74) is 8.17. The summed E-state index contributed by atoms with van der Waals surface area (Å²) in [5.74, 6) is 0. The van der Waals surface area contributed by atoms with Crippen LogP contribution in [0.1, 0.15) is 30.6 Å². The van der Waals surface area contributed by atoms with Crippen molar-refractivity contribution in [3.05, 3.63) is 51.8 Å². The molecule has 0 bridgehead atoms. The molecule has 0 aliphatic rings. The summed E-state index contributed by atoms with van der Waals surface area (Å²) in [6.45, 7) is 2.98. The maximum atomic E-state index is 6.26. The summed E-state index contributed by atoms with van der Waals surface area (Å²) < 4.78 is 1.94. The highest BCUT2D eigenvalue weighted by atomic mass is 35.5. The zero-order chi connectivity index (χ0) is 13.8. The monoisotopic (exact) mass is 297 g/mol. The Balaban J connectivity index is 2.21. The zero-order valence-electron chi connectivity index (χ0n) is 10.8. The van der Waals surface area contributed by atoms with Gasteiger partial charge in [-0.3, -0.25) is 4.68 Å². The maximum absolute atomic E-state index is 6.26. The third-order valence-electron chi connectivity index (χ3n) is 3.05. The van der Waals surface area contributed by atoms with Crippen molar-refractivity contribution in [2.24, 2.45) is 5.73 Å². The number of hydrogen-bond acceptors (Lipinski definition) is 2. The average molecular weight is 298 g/mol. The predicted molar refractivity (Wildman–Crippen MR) is 79.6 cm³/mol. The van der Waals surface area contributed by atoms with Crippen molar-refractivity contribution in [2.75, 3.05) is 0 Å². The van der Waals surface area contributed by atoms with Gasteiger partial charge in [0, 0.05) is 22.8 Å². The van der Waals surface area contributed by atoms with Crippen molar-refractivity contribution < 1.29 is 0 Å². The molecule has 0 spiro atoms. The highest BCUT2D eigenvalue weighted by molar-refractivity contribution is 6.36. The molecular weight excluding hydrogens is 281 g/mol. The average Bonchev–Trinajstić information content (AvgIpc) is 2.83. The molecule has 0 radical (unpaired) electrons. The first-order valence-corrected chi connectivity index (χ1v) is 7.09. The van der Waals surface area contributed by atoms with Gasteiger partial charge in [-0.15, -0.1) is 0 Å². The number of halogens is 2. The summed E-state index contributed by atoms with van der Waals surface area (Å²) in [4.78, 5) is 0. The molecule has 0 saturated carbocycles. The summed E-state index contributed by atoms with van der Waals surface area (Å²) in [5, 5.41) is 5.60. The first-order valence-electron chi connectivity index (χ1n) is 6.33. The molecule has 0 saturated heterocycles. The van der Waals surface area contributed by atoms with Crippen LogP contribution in [0.3, 0.4) is 0 Å². The number of benzene rings is 1. The van der Waals surface area contributed by atoms with Gasteiger partial charge in [0.05, 0.1) is 11.7 Å². The van der Waals surface area contributed by atoms with E-state index in [0.717, 1.165) is 24.2 Å². The van der Waals surface area contributed by atoms with Crippen molar-refractivity contribution in [3.63, 3.8) is 0 Å². The van der Waals surface area contributed by atoms with E-state index in [1.807, 2.05) is 28.9 Å². The molecule has 19 heavy (non-hydrogen) atoms. The van der Waals surface area contributed by atoms with Gasteiger partial charge in [-0.05, 0) is 36.6 Å². The number of rotatable bonds is 5. The number of nitrogens with zero attached hydrogens (tertiary/aromatic N) is 2. The van der Waals surface area contributed by atoms with Crippen LogP contribution in [0.5, 0.6) is 0 Å². The van der Waals surface area contributed by atoms with E-state index < -0.39 is 0 Å². The van der Waals surface area contributed by atoms with E-state index >= 15 is 0 Å². The van der Waals surface area contributed by atoms with E-state index in [9.17, 15) is 0 Å². The van der Waals surface area contributed by atoms with Crippen LogP contribution in [0, 0.1) is 0 Å². The lowest BCUT2D eigenvalue weighted by Crippen LogP contribution is -2.19. The van der Waals surface area contributed by atoms with Crippen LogP contribution >= 0.6 is 23.2 Å². The molecule has 3 nitrogen and oxygen atoms in total. The second-order valence-electron chi connectivity index (χ2n) is 4.49. The van der Waals surface area contributed by atoms with Gasteiger partial charge in [-0.2, -0.15) is 5.10 Å². The summed E-state index contributed by atoms with van der Waals surface area (Å²) in [7, 11) is 0. The lowest BCUT2D eigenvalue weighted by Gasteiger charge is -2.15. The molecule has 1 unspecified atom stereocenters. The first kappa shape index (κ1) is 14.4. The Hall–Kier alpha value is -1.03. The van der Waals surface area contributed by atoms with Crippen molar-refractivity contribution in [3.8, 4) is 0 Å². The van der Waals surface area contributed by atoms with Crippen LogP contribution in [-0.4, -0.2) is 9.78 Å². The molecule has 0 amide bonds. The maximum Gasteiger partial charge on any atom is 0.0554 e. The summed E-state index contributed by atoms with van der Waals surface area (Å²) in [6.07, 6.45) is 3.40. The van der Waals surface area contributed by atoms with Crippen LogP contribution in [0.15, 0.2) is 30.5 Å². The highest BCUT2D eigenvalue weighted by Crippen LogP contribution is 2.28. The van der Waals surface area contributed by atoms with E-state index in [1.54, 1.807) is 6.20 Å². The molecule has 0 fully saturated rings. The molecule has 2 rings (SSSR count). The van der Waals surface area contributed by atoms with E-state index in [0.29, 0.717) is 16.5 Å². The van der Waals surface area contributed by atoms with Crippen molar-refractivity contribution in [1.82, 2.24) is 9.78 Å². The fourth-order valence-corrected chi connectivity index (χ4v) is 2.66. The van der Waals surface area contributed by atoms with Crippen LogP contribution in [0.2, 0.25) is 10.0 Å². The Morgan fingerprint density at radius 3 is 2.58 bits per heavy atom. The Bertz CT molecular complexity index is 531. The fourth-order valence-electron chi connectivity index (χ4n) is 2.11. The molecule has 1 heterocycles. The number of aryl methyl sites for hydroxylation is 1. The highest BCUT2D eigenvalue weighted by Gasteiger charge is 2.15. The fraction of sp³-hybridized carbons (Fsp3) is 0.357. The largest absolute Gasteiger partial charge is 0.322 e. The molecule has 1 aromatic carbocycles. The zero-order valence-corrected chi connectivity index (χ0v) is 12.3. The van der Waals surface area contributed by atoms with Gasteiger partial charge in [0.2, 0.25) is 0 Å². The lowest BCUT2D eigenvalue weighted by molar-refractivity contribution is 0.538. The Labute approximate surface area is 123 Å². The molecule has 5 heteroatoms. The van der Waals surface area contributed by atoms with Gasteiger partial charge in [-0.1, -0.05) is 36.2 Å². The quantitative estimate of drug-likeness (QED) is 0.911. The van der Waals surface area contributed by atoms with E-state index in [1.165, 1.54) is 0 Å². The minimum absolute atomic E-state index is 0.161. The van der Waals surface area contributed by atoms with Gasteiger partial charge < -0.3 is 5.73 Å². The topological polar surface area (TPSA) is 43.8 Å². The number of hydrogen-bond donors (Lipinski definition) is 1. The first-order chi connectivity index (χ1) is 9.13. The van der Waals surface area contributed by atoms with Gasteiger partial charge >= 0.3 is 0 Å². The molecule has 102 valence electrons. The lowest BCUT2D eigenvalue weighted by atomic mass is 10.0. The molecule has 2 N–H and O–H groups in total. The second-order valence-corrected chi connectivity index (χ2v) is 5.30. The Morgan fingerprint density at radius 2 is 1.95 bits per heavy atom. The number of nitrogens with two attached hydrogens (primary N) is 1. The molecule has 1 atom stereocenters. The van der Waals surface area contributed by atoms with Crippen molar-refractivity contribution in [2.45, 2.75) is 32.4 Å². The van der Waals surface area contributed by atoms with Crippen molar-refractivity contribution >= 4 is 23.2 Å². The SMILES string of the molecule is CCCn1nccc1C(N)Cc1c(Cl)cccc1Cl. The minimum atomic E-state index is -0.161. The molecular formula is C14H17Cl2N3. The Morgan fingerprint density at radius 1 is 1.26 bits per heavy atom. The Kier molecular flexibility index (Phi) is 4.86. The third kappa shape index (κ3) is 3.30. The smallest absolute Gasteiger partial charge is 0.0554 e. The third-order valence-corrected chi connectivity index (χ3v) is 3.76. The molecule has 0 aliphatic carbocycles. The second kappa shape index (κ2) is 6.42. The van der Waals surface area contributed by atoms with Crippen LogP contribution in [0.4, 0.5) is 0 Å². The van der Waals surface area contributed by atoms with Gasteiger partial charge in [0.1, 0.15) is 0 Å². The van der Waals surface area contributed by atoms with Gasteiger partial charge in [0.15, 0.2) is 0 Å². The molecule has 1 aromatic heterocycles. The van der Waals surface area contributed by atoms with E-state index in [2.05, 4.69) is 12.0 Å². The summed E-state index contributed by atoms with van der Waals surface area (Å²) in [6, 6.07) is 7.29. The normalized spacial score (nSPS) is 12.6. The van der Waals surface area contributed by atoms with Gasteiger partial charge in [-0.25, -0.2) is 0 Å². The standard InChI is InChI=1S/C14H17Cl2N3/c1-2-8-19-14(6-7-18-19)13(17)9-10-11(15)4-3-5-12(10)16/h3-7,13H,2,8-9,17H2,1H3.